The monoisotopic (exact) mass is 484 g/mol. The molecule has 0 atom stereocenters. The van der Waals surface area contributed by atoms with Crippen molar-refractivity contribution in [2.75, 3.05) is 0 Å². The van der Waals surface area contributed by atoms with Crippen LogP contribution < -0.4 is 0 Å². The highest BCUT2D eigenvalue weighted by Crippen LogP contribution is 2.50. The summed E-state index contributed by atoms with van der Waals surface area (Å²) in [6.45, 7) is 3.26. The highest BCUT2D eigenvalue weighted by atomic mass is 19.4. The summed E-state index contributed by atoms with van der Waals surface area (Å²) in [4.78, 5) is 7.35. The van der Waals surface area contributed by atoms with Gasteiger partial charge >= 0.3 is 12.4 Å². The van der Waals surface area contributed by atoms with E-state index in [2.05, 4.69) is 9.97 Å². The van der Waals surface area contributed by atoms with Gasteiger partial charge in [0.25, 0.3) is 5.60 Å². The number of fused-ring (bicyclic) bond motifs is 1. The molecule has 0 spiro atoms. The lowest BCUT2D eigenvalue weighted by atomic mass is 9.90. The fourth-order valence-electron chi connectivity index (χ4n) is 3.81. The first-order chi connectivity index (χ1) is 15.7. The summed E-state index contributed by atoms with van der Waals surface area (Å²) in [7, 11) is 0. The van der Waals surface area contributed by atoms with Crippen LogP contribution in [0.3, 0.4) is 0 Å². The van der Waals surface area contributed by atoms with Gasteiger partial charge in [0.05, 0.1) is 5.69 Å². The number of alkyl halides is 6. The van der Waals surface area contributed by atoms with E-state index in [1.807, 2.05) is 0 Å². The quantitative estimate of drug-likeness (QED) is 0.308. The van der Waals surface area contributed by atoms with Crippen molar-refractivity contribution in [1.82, 2.24) is 9.97 Å². The number of oxazole rings is 1. The minimum absolute atomic E-state index is 0.0511. The van der Waals surface area contributed by atoms with Gasteiger partial charge in [0.1, 0.15) is 11.5 Å². The first-order valence-corrected chi connectivity index (χ1v) is 9.95. The van der Waals surface area contributed by atoms with Crippen molar-refractivity contribution in [3.8, 4) is 17.2 Å². The van der Waals surface area contributed by atoms with Crippen LogP contribution in [0.15, 0.2) is 46.9 Å². The number of phenolic OH excluding ortho intramolecular Hbond substituents is 1. The maximum absolute atomic E-state index is 13.4. The third-order valence-electron chi connectivity index (χ3n) is 5.71. The number of hydrogen-bond acceptors (Lipinski definition) is 4. The molecule has 2 aromatic carbocycles. The predicted molar refractivity (Wildman–Crippen MR) is 110 cm³/mol. The molecule has 4 aromatic rings. The Morgan fingerprint density at radius 2 is 1.56 bits per heavy atom. The Morgan fingerprint density at radius 1 is 0.941 bits per heavy atom. The van der Waals surface area contributed by atoms with Crippen LogP contribution in [0.4, 0.5) is 26.3 Å². The summed E-state index contributed by atoms with van der Waals surface area (Å²) >= 11 is 0. The van der Waals surface area contributed by atoms with E-state index in [4.69, 9.17) is 4.42 Å². The number of nitrogens with zero attached hydrogens (tertiary/aromatic N) is 1. The number of aliphatic hydroxyl groups is 1. The number of aromatic hydroxyl groups is 1. The molecule has 34 heavy (non-hydrogen) atoms. The van der Waals surface area contributed by atoms with Crippen LogP contribution in [0.25, 0.3) is 22.4 Å². The average Bonchev–Trinajstić information content (AvgIpc) is 3.25. The SMILES string of the molecule is Cc1[nH]c2ccc(C(O)(C(F)(F)F)C(F)(F)F)cc2c1Cc1nc(-c2ccc(O)cc2)oc1C. The zero-order valence-electron chi connectivity index (χ0n) is 17.8. The number of nitrogens with one attached hydrogen (secondary N) is 1. The molecule has 180 valence electrons. The molecule has 0 bridgehead atoms. The molecule has 0 saturated carbocycles. The van der Waals surface area contributed by atoms with Crippen molar-refractivity contribution in [1.29, 1.82) is 0 Å². The van der Waals surface area contributed by atoms with Gasteiger partial charge in [0.15, 0.2) is 0 Å². The largest absolute Gasteiger partial charge is 0.508 e. The van der Waals surface area contributed by atoms with E-state index in [1.165, 1.54) is 12.1 Å². The van der Waals surface area contributed by atoms with Crippen molar-refractivity contribution < 1.29 is 41.0 Å². The van der Waals surface area contributed by atoms with Gasteiger partial charge in [-0.15, -0.1) is 0 Å². The molecular weight excluding hydrogens is 466 g/mol. The molecule has 3 N–H and O–H groups in total. The van der Waals surface area contributed by atoms with E-state index < -0.39 is 23.5 Å². The highest BCUT2D eigenvalue weighted by molar-refractivity contribution is 5.86. The zero-order valence-corrected chi connectivity index (χ0v) is 17.8. The molecule has 0 radical (unpaired) electrons. The van der Waals surface area contributed by atoms with Crippen LogP contribution in [0.5, 0.6) is 5.75 Å². The number of benzene rings is 2. The first-order valence-electron chi connectivity index (χ1n) is 9.95. The van der Waals surface area contributed by atoms with Crippen LogP contribution >= 0.6 is 0 Å². The molecule has 0 aliphatic carbocycles. The lowest BCUT2D eigenvalue weighted by molar-refractivity contribution is -0.376. The Morgan fingerprint density at radius 3 is 2.15 bits per heavy atom. The molecule has 0 unspecified atom stereocenters. The third-order valence-corrected chi connectivity index (χ3v) is 5.71. The van der Waals surface area contributed by atoms with Gasteiger partial charge in [-0.3, -0.25) is 0 Å². The number of hydrogen-bond donors (Lipinski definition) is 3. The van der Waals surface area contributed by atoms with Gasteiger partial charge in [-0.2, -0.15) is 26.3 Å². The van der Waals surface area contributed by atoms with Gasteiger partial charge < -0.3 is 19.6 Å². The minimum atomic E-state index is -5.98. The Kier molecular flexibility index (Phi) is 5.43. The number of halogens is 6. The van der Waals surface area contributed by atoms with Gasteiger partial charge in [0.2, 0.25) is 5.89 Å². The van der Waals surface area contributed by atoms with Gasteiger partial charge in [0, 0.05) is 34.1 Å². The maximum Gasteiger partial charge on any atom is 0.430 e. The molecule has 0 aliphatic rings. The number of H-pyrrole nitrogens is 1. The first kappa shape index (κ1) is 23.7. The summed E-state index contributed by atoms with van der Waals surface area (Å²) in [6, 6.07) is 8.44. The van der Waals surface area contributed by atoms with Crippen LogP contribution in [-0.4, -0.2) is 32.5 Å². The van der Waals surface area contributed by atoms with Crippen LogP contribution in [0, 0.1) is 13.8 Å². The molecular formula is C23H18F6N2O3. The summed E-state index contributed by atoms with van der Waals surface area (Å²) in [5, 5.41) is 19.3. The van der Waals surface area contributed by atoms with E-state index in [-0.39, 0.29) is 23.4 Å². The number of aromatic nitrogens is 2. The zero-order chi connectivity index (χ0) is 25.1. The lowest BCUT2D eigenvalue weighted by Crippen LogP contribution is -2.53. The van der Waals surface area contributed by atoms with Crippen LogP contribution in [0.1, 0.15) is 28.3 Å². The van der Waals surface area contributed by atoms with Gasteiger partial charge in [-0.05, 0) is 55.8 Å². The van der Waals surface area contributed by atoms with Crippen LogP contribution in [0.2, 0.25) is 0 Å². The molecule has 0 saturated heterocycles. The second-order valence-electron chi connectivity index (χ2n) is 7.94. The smallest absolute Gasteiger partial charge is 0.430 e. The van der Waals surface area contributed by atoms with Crippen molar-refractivity contribution >= 4 is 10.9 Å². The molecule has 4 rings (SSSR count). The second kappa shape index (κ2) is 7.79. The van der Waals surface area contributed by atoms with E-state index >= 15 is 0 Å². The molecule has 5 nitrogen and oxygen atoms in total. The van der Waals surface area contributed by atoms with Gasteiger partial charge in [-0.25, -0.2) is 4.98 Å². The van der Waals surface area contributed by atoms with E-state index in [0.29, 0.717) is 45.9 Å². The molecule has 11 heteroatoms. The Labute approximate surface area is 188 Å². The van der Waals surface area contributed by atoms with Crippen molar-refractivity contribution in [2.45, 2.75) is 38.2 Å². The van der Waals surface area contributed by atoms with Crippen molar-refractivity contribution in [3.05, 3.63) is 70.7 Å². The van der Waals surface area contributed by atoms with Crippen molar-refractivity contribution in [2.24, 2.45) is 0 Å². The Hall–Kier alpha value is -3.47. The molecule has 0 fully saturated rings. The fraction of sp³-hybridized carbons (Fsp3) is 0.261. The Bertz CT molecular complexity index is 1340. The van der Waals surface area contributed by atoms with E-state index in [1.54, 1.807) is 26.0 Å². The number of phenols is 1. The van der Waals surface area contributed by atoms with E-state index in [0.717, 1.165) is 6.07 Å². The second-order valence-corrected chi connectivity index (χ2v) is 7.94. The maximum atomic E-state index is 13.4. The molecule has 0 amide bonds. The number of aromatic amines is 1. The topological polar surface area (TPSA) is 82.3 Å². The third kappa shape index (κ3) is 3.79. The standard InChI is InChI=1S/C23H18F6N2O3/c1-11-16(10-19-12(2)34-20(31-19)13-3-6-15(32)7-4-13)17-9-14(5-8-18(17)30-11)21(33,22(24,25)26)23(27,28)29/h3-9,30,32-33H,10H2,1-2H3. The van der Waals surface area contributed by atoms with Gasteiger partial charge in [-0.1, -0.05) is 6.07 Å². The van der Waals surface area contributed by atoms with E-state index in [9.17, 15) is 36.6 Å². The number of aryl methyl sites for hydroxylation is 2. The fourth-order valence-corrected chi connectivity index (χ4v) is 3.81. The summed E-state index contributed by atoms with van der Waals surface area (Å²) in [5.74, 6) is 0.708. The average molecular weight is 484 g/mol. The Balaban J connectivity index is 1.79. The molecule has 0 aliphatic heterocycles. The number of rotatable bonds is 4. The lowest BCUT2D eigenvalue weighted by Gasteiger charge is -2.32. The van der Waals surface area contributed by atoms with Crippen molar-refractivity contribution in [3.63, 3.8) is 0 Å². The highest BCUT2D eigenvalue weighted by Gasteiger charge is 2.71. The summed E-state index contributed by atoms with van der Waals surface area (Å²) in [6.07, 6.45) is -11.9. The predicted octanol–water partition coefficient (Wildman–Crippen LogP) is 6.05. The minimum Gasteiger partial charge on any atom is -0.508 e. The summed E-state index contributed by atoms with van der Waals surface area (Å²) in [5.41, 5.74) is -4.11. The normalized spacial score (nSPS) is 13.1. The summed E-state index contributed by atoms with van der Waals surface area (Å²) < 4.78 is 85.9. The molecule has 2 heterocycles. The molecule has 2 aromatic heterocycles. The van der Waals surface area contributed by atoms with Crippen LogP contribution in [-0.2, 0) is 12.0 Å².